The molecule has 2 aromatic heterocycles. The Labute approximate surface area is 135 Å². The summed E-state index contributed by atoms with van der Waals surface area (Å²) in [6.45, 7) is 2.65. The Morgan fingerprint density at radius 3 is 2.48 bits per heavy atom. The van der Waals surface area contributed by atoms with Crippen LogP contribution in [-0.4, -0.2) is 51.6 Å². The fourth-order valence-electron chi connectivity index (χ4n) is 2.17. The van der Waals surface area contributed by atoms with Crippen molar-refractivity contribution in [3.05, 3.63) is 48.0 Å². The number of likely N-dealkylation sites (N-methyl/N-ethyl adjacent to an activating group) is 1. The molecule has 0 aliphatic rings. The maximum atomic E-state index is 10.7. The van der Waals surface area contributed by atoms with Crippen LogP contribution in [0, 0.1) is 0 Å². The van der Waals surface area contributed by atoms with Crippen LogP contribution in [0.5, 0.6) is 0 Å². The average Bonchev–Trinajstić information content (AvgIpc) is 2.55. The average molecular weight is 315 g/mol. The van der Waals surface area contributed by atoms with Crippen molar-refractivity contribution in [1.82, 2.24) is 19.9 Å². The van der Waals surface area contributed by atoms with Gasteiger partial charge in [0.15, 0.2) is 0 Å². The highest BCUT2D eigenvalue weighted by molar-refractivity contribution is 5.72. The summed E-state index contributed by atoms with van der Waals surface area (Å²) >= 11 is 0. The van der Waals surface area contributed by atoms with Crippen LogP contribution in [0.4, 0.5) is 5.95 Å². The molecule has 1 atom stereocenters. The number of aromatic nitrogens is 3. The largest absolute Gasteiger partial charge is 0.480 e. The number of nitrogens with zero attached hydrogens (tertiary/aromatic N) is 5. The van der Waals surface area contributed by atoms with Crippen LogP contribution >= 0.6 is 0 Å². The zero-order valence-corrected chi connectivity index (χ0v) is 13.5. The summed E-state index contributed by atoms with van der Waals surface area (Å²) in [4.78, 5) is 27.2. The summed E-state index contributed by atoms with van der Waals surface area (Å²) in [6, 6.07) is 6.05. The Kier molecular flexibility index (Phi) is 5.59. The predicted octanol–water partition coefficient (Wildman–Crippen LogP) is 1.59. The summed E-state index contributed by atoms with van der Waals surface area (Å²) in [6.07, 6.45) is 5.24. The molecular formula is C16H21N5O2. The van der Waals surface area contributed by atoms with Crippen LogP contribution in [0.25, 0.3) is 0 Å². The van der Waals surface area contributed by atoms with Crippen molar-refractivity contribution >= 4 is 11.9 Å². The first-order valence-corrected chi connectivity index (χ1v) is 7.32. The second kappa shape index (κ2) is 7.64. The van der Waals surface area contributed by atoms with Crippen molar-refractivity contribution in [2.24, 2.45) is 0 Å². The normalized spacial score (nSPS) is 12.2. The molecule has 7 nitrogen and oxygen atoms in total. The number of pyridine rings is 1. The van der Waals surface area contributed by atoms with Crippen LogP contribution in [0.2, 0.25) is 0 Å². The van der Waals surface area contributed by atoms with Gasteiger partial charge >= 0.3 is 5.97 Å². The zero-order chi connectivity index (χ0) is 16.8. The maximum Gasteiger partial charge on any atom is 0.323 e. The number of carboxylic acid groups (broad SMARTS) is 1. The molecule has 0 spiro atoms. The van der Waals surface area contributed by atoms with Gasteiger partial charge in [0.25, 0.3) is 0 Å². The monoisotopic (exact) mass is 315 g/mol. The van der Waals surface area contributed by atoms with Gasteiger partial charge in [-0.05, 0) is 26.1 Å². The highest BCUT2D eigenvalue weighted by Gasteiger charge is 2.14. The third kappa shape index (κ3) is 4.72. The summed E-state index contributed by atoms with van der Waals surface area (Å²) < 4.78 is 0. The smallest absolute Gasteiger partial charge is 0.323 e. The van der Waals surface area contributed by atoms with Gasteiger partial charge in [0.2, 0.25) is 5.95 Å². The zero-order valence-electron chi connectivity index (χ0n) is 13.5. The topological polar surface area (TPSA) is 82.5 Å². The molecule has 0 fully saturated rings. The quantitative estimate of drug-likeness (QED) is 0.830. The molecule has 0 bridgehead atoms. The molecule has 2 aromatic rings. The molecule has 1 N–H and O–H groups in total. The Morgan fingerprint density at radius 1 is 1.22 bits per heavy atom. The van der Waals surface area contributed by atoms with Crippen molar-refractivity contribution in [2.75, 3.05) is 25.5 Å². The Hall–Kier alpha value is -2.54. The molecule has 2 heterocycles. The second-order valence-corrected chi connectivity index (χ2v) is 5.49. The molecule has 0 saturated carbocycles. The molecule has 0 radical (unpaired) electrons. The predicted molar refractivity (Wildman–Crippen MR) is 87.1 cm³/mol. The lowest BCUT2D eigenvalue weighted by atomic mass is 10.2. The van der Waals surface area contributed by atoms with E-state index in [-0.39, 0.29) is 12.6 Å². The number of aliphatic carboxylic acids is 1. The second-order valence-electron chi connectivity index (χ2n) is 5.49. The minimum Gasteiger partial charge on any atom is -0.480 e. The van der Waals surface area contributed by atoms with Gasteiger partial charge in [-0.1, -0.05) is 6.07 Å². The molecule has 0 saturated heterocycles. The number of rotatable bonds is 7. The maximum absolute atomic E-state index is 10.7. The van der Waals surface area contributed by atoms with Gasteiger partial charge in [-0.2, -0.15) is 0 Å². The fourth-order valence-corrected chi connectivity index (χ4v) is 2.17. The molecular weight excluding hydrogens is 294 g/mol. The third-order valence-corrected chi connectivity index (χ3v) is 3.61. The third-order valence-electron chi connectivity index (χ3n) is 3.61. The molecule has 0 aromatic carbocycles. The number of hydrogen-bond acceptors (Lipinski definition) is 6. The van der Waals surface area contributed by atoms with E-state index >= 15 is 0 Å². The Balaban J connectivity index is 1.99. The molecule has 122 valence electrons. The van der Waals surface area contributed by atoms with E-state index in [4.69, 9.17) is 5.11 Å². The van der Waals surface area contributed by atoms with Gasteiger partial charge in [0.05, 0.1) is 5.69 Å². The summed E-state index contributed by atoms with van der Waals surface area (Å²) in [5, 5.41) is 8.78. The SMILES string of the molecule is CC(c1ccccn1)N(C)Cc1cnc(N(C)CC(=O)O)nc1. The minimum atomic E-state index is -0.913. The fraction of sp³-hybridized carbons (Fsp3) is 0.375. The number of carboxylic acids is 1. The van der Waals surface area contributed by atoms with E-state index in [9.17, 15) is 4.79 Å². The van der Waals surface area contributed by atoms with Gasteiger partial charge in [0, 0.05) is 43.8 Å². The molecule has 0 aliphatic heterocycles. The van der Waals surface area contributed by atoms with E-state index in [0.29, 0.717) is 12.5 Å². The lowest BCUT2D eigenvalue weighted by molar-refractivity contribution is -0.135. The van der Waals surface area contributed by atoms with E-state index < -0.39 is 5.97 Å². The van der Waals surface area contributed by atoms with Crippen LogP contribution in [0.1, 0.15) is 24.2 Å². The Morgan fingerprint density at radius 2 is 1.91 bits per heavy atom. The molecule has 23 heavy (non-hydrogen) atoms. The summed E-state index contributed by atoms with van der Waals surface area (Å²) in [5.74, 6) is -0.513. The van der Waals surface area contributed by atoms with Crippen molar-refractivity contribution < 1.29 is 9.90 Å². The van der Waals surface area contributed by atoms with Crippen LogP contribution in [-0.2, 0) is 11.3 Å². The van der Waals surface area contributed by atoms with Gasteiger partial charge in [-0.25, -0.2) is 9.97 Å². The van der Waals surface area contributed by atoms with E-state index in [1.807, 2.05) is 25.2 Å². The van der Waals surface area contributed by atoms with E-state index in [1.54, 1.807) is 25.6 Å². The van der Waals surface area contributed by atoms with Crippen LogP contribution in [0.3, 0.4) is 0 Å². The van der Waals surface area contributed by atoms with Crippen LogP contribution < -0.4 is 4.90 Å². The molecule has 0 amide bonds. The van der Waals surface area contributed by atoms with E-state index in [2.05, 4.69) is 26.8 Å². The lowest BCUT2D eigenvalue weighted by Gasteiger charge is -2.24. The van der Waals surface area contributed by atoms with Gasteiger partial charge < -0.3 is 10.0 Å². The Bertz CT molecular complexity index is 633. The molecule has 2 rings (SSSR count). The number of anilines is 1. The highest BCUT2D eigenvalue weighted by Crippen LogP contribution is 2.18. The first-order valence-electron chi connectivity index (χ1n) is 7.32. The summed E-state index contributed by atoms with van der Waals surface area (Å²) in [5.41, 5.74) is 1.97. The number of hydrogen-bond donors (Lipinski definition) is 1. The van der Waals surface area contributed by atoms with E-state index in [0.717, 1.165) is 11.3 Å². The highest BCUT2D eigenvalue weighted by atomic mass is 16.4. The van der Waals surface area contributed by atoms with Crippen molar-refractivity contribution in [2.45, 2.75) is 19.5 Å². The van der Waals surface area contributed by atoms with Crippen LogP contribution in [0.15, 0.2) is 36.8 Å². The first-order chi connectivity index (χ1) is 11.0. The first kappa shape index (κ1) is 16.8. The van der Waals surface area contributed by atoms with Crippen molar-refractivity contribution in [3.63, 3.8) is 0 Å². The molecule has 1 unspecified atom stereocenters. The molecule has 0 aliphatic carbocycles. The summed E-state index contributed by atoms with van der Waals surface area (Å²) in [7, 11) is 3.67. The van der Waals surface area contributed by atoms with E-state index in [1.165, 1.54) is 4.90 Å². The van der Waals surface area contributed by atoms with Gasteiger partial charge in [0.1, 0.15) is 6.54 Å². The molecule has 7 heteroatoms. The standard InChI is InChI=1S/C16H21N5O2/c1-12(14-6-4-5-7-17-14)20(2)10-13-8-18-16(19-9-13)21(3)11-15(22)23/h4-9,12H,10-11H2,1-3H3,(H,22,23). The van der Waals surface area contributed by atoms with Crippen molar-refractivity contribution in [3.8, 4) is 0 Å². The van der Waals surface area contributed by atoms with Crippen molar-refractivity contribution in [1.29, 1.82) is 0 Å². The van der Waals surface area contributed by atoms with Gasteiger partial charge in [-0.15, -0.1) is 0 Å². The van der Waals surface area contributed by atoms with Gasteiger partial charge in [-0.3, -0.25) is 14.7 Å². The number of carbonyl (C=O) groups is 1. The minimum absolute atomic E-state index is 0.129. The lowest BCUT2D eigenvalue weighted by Crippen LogP contribution is -2.27.